The highest BCUT2D eigenvalue weighted by Gasteiger charge is 2.31. The summed E-state index contributed by atoms with van der Waals surface area (Å²) in [6.45, 7) is 5.78. The van der Waals surface area contributed by atoms with Gasteiger partial charge in [0.15, 0.2) is 0 Å². The lowest BCUT2D eigenvalue weighted by Gasteiger charge is -2.31. The van der Waals surface area contributed by atoms with Crippen molar-refractivity contribution in [3.63, 3.8) is 0 Å². The van der Waals surface area contributed by atoms with E-state index in [0.717, 1.165) is 27.5 Å². The molecule has 0 heterocycles. The molecule has 0 saturated carbocycles. The van der Waals surface area contributed by atoms with Gasteiger partial charge in [-0.25, -0.2) is 9.59 Å². The number of carboxylic acids is 2. The lowest BCUT2D eigenvalue weighted by Crippen LogP contribution is -2.47. The van der Waals surface area contributed by atoms with Crippen molar-refractivity contribution in [3.05, 3.63) is 71.8 Å². The number of carboxylic acid groups (broad SMARTS) is 2. The summed E-state index contributed by atoms with van der Waals surface area (Å²) < 4.78 is 0. The summed E-state index contributed by atoms with van der Waals surface area (Å²) in [7, 11) is 0. The Morgan fingerprint density at radius 1 is 0.848 bits per heavy atom. The first-order valence-corrected chi connectivity index (χ1v) is 11.1. The first-order chi connectivity index (χ1) is 15.7. The molecule has 0 fully saturated rings. The topological polar surface area (TPSA) is 94.9 Å². The SMILES string of the molecule is CCCC(=O)N(Cc1ccc2cc(-c3ccc(C(=O)O)cc3)ccc2c1)C(C(=O)O)C(C)C. The minimum absolute atomic E-state index is 0.154. The molecule has 0 aliphatic carbocycles. The number of hydrogen-bond donors (Lipinski definition) is 2. The van der Waals surface area contributed by atoms with Gasteiger partial charge in [0.2, 0.25) is 5.91 Å². The fraction of sp³-hybridized carbons (Fsp3) is 0.296. The smallest absolute Gasteiger partial charge is 0.335 e. The van der Waals surface area contributed by atoms with E-state index in [1.165, 1.54) is 4.90 Å². The Balaban J connectivity index is 1.90. The predicted octanol–water partition coefficient (Wildman–Crippen LogP) is 5.44. The van der Waals surface area contributed by atoms with Crippen LogP contribution in [0, 0.1) is 5.92 Å². The van der Waals surface area contributed by atoms with E-state index >= 15 is 0 Å². The molecule has 6 heteroatoms. The van der Waals surface area contributed by atoms with E-state index in [1.54, 1.807) is 24.3 Å². The minimum Gasteiger partial charge on any atom is -0.480 e. The van der Waals surface area contributed by atoms with Crippen molar-refractivity contribution < 1.29 is 24.6 Å². The van der Waals surface area contributed by atoms with Crippen LogP contribution in [0.2, 0.25) is 0 Å². The average molecular weight is 448 g/mol. The number of amides is 1. The molecular formula is C27H29NO5. The summed E-state index contributed by atoms with van der Waals surface area (Å²) in [5.74, 6) is -2.31. The monoisotopic (exact) mass is 447 g/mol. The first-order valence-electron chi connectivity index (χ1n) is 11.1. The van der Waals surface area contributed by atoms with Crippen LogP contribution in [0.3, 0.4) is 0 Å². The molecule has 3 rings (SSSR count). The highest BCUT2D eigenvalue weighted by molar-refractivity contribution is 5.90. The van der Waals surface area contributed by atoms with Crippen molar-refractivity contribution in [2.75, 3.05) is 0 Å². The zero-order chi connectivity index (χ0) is 24.1. The average Bonchev–Trinajstić information content (AvgIpc) is 2.78. The van der Waals surface area contributed by atoms with Gasteiger partial charge in [0.1, 0.15) is 6.04 Å². The van der Waals surface area contributed by atoms with E-state index in [9.17, 15) is 19.5 Å². The Bertz CT molecular complexity index is 1170. The van der Waals surface area contributed by atoms with Crippen molar-refractivity contribution in [1.82, 2.24) is 4.90 Å². The fourth-order valence-corrected chi connectivity index (χ4v) is 4.05. The molecule has 0 aliphatic rings. The highest BCUT2D eigenvalue weighted by atomic mass is 16.4. The zero-order valence-electron chi connectivity index (χ0n) is 19.1. The molecule has 0 spiro atoms. The van der Waals surface area contributed by atoms with Crippen LogP contribution >= 0.6 is 0 Å². The second-order valence-corrected chi connectivity index (χ2v) is 8.58. The summed E-state index contributed by atoms with van der Waals surface area (Å²) in [4.78, 5) is 37.2. The van der Waals surface area contributed by atoms with Crippen LogP contribution in [0.4, 0.5) is 0 Å². The molecule has 1 atom stereocenters. The molecule has 0 radical (unpaired) electrons. The van der Waals surface area contributed by atoms with E-state index in [0.29, 0.717) is 12.8 Å². The number of nitrogens with zero attached hydrogens (tertiary/aromatic N) is 1. The van der Waals surface area contributed by atoms with Crippen LogP contribution in [0.1, 0.15) is 49.5 Å². The Kier molecular flexibility index (Phi) is 7.48. The molecule has 33 heavy (non-hydrogen) atoms. The third-order valence-electron chi connectivity index (χ3n) is 5.73. The van der Waals surface area contributed by atoms with E-state index in [1.807, 2.05) is 57.2 Å². The van der Waals surface area contributed by atoms with Crippen molar-refractivity contribution in [1.29, 1.82) is 0 Å². The van der Waals surface area contributed by atoms with E-state index in [4.69, 9.17) is 5.11 Å². The van der Waals surface area contributed by atoms with E-state index in [2.05, 4.69) is 0 Å². The third kappa shape index (κ3) is 5.58. The van der Waals surface area contributed by atoms with Gasteiger partial charge in [0, 0.05) is 13.0 Å². The molecule has 6 nitrogen and oxygen atoms in total. The largest absolute Gasteiger partial charge is 0.480 e. The van der Waals surface area contributed by atoms with Crippen LogP contribution in [-0.4, -0.2) is 39.0 Å². The van der Waals surface area contributed by atoms with Crippen LogP contribution in [0.5, 0.6) is 0 Å². The summed E-state index contributed by atoms with van der Waals surface area (Å²) in [5, 5.41) is 20.8. The minimum atomic E-state index is -0.992. The number of carbonyl (C=O) groups is 3. The zero-order valence-corrected chi connectivity index (χ0v) is 19.1. The van der Waals surface area contributed by atoms with Gasteiger partial charge in [0.05, 0.1) is 5.56 Å². The predicted molar refractivity (Wildman–Crippen MR) is 128 cm³/mol. The number of rotatable bonds is 9. The molecule has 0 bridgehead atoms. The van der Waals surface area contributed by atoms with Gasteiger partial charge in [-0.05, 0) is 64.1 Å². The Morgan fingerprint density at radius 2 is 1.45 bits per heavy atom. The molecule has 2 N–H and O–H groups in total. The molecule has 0 saturated heterocycles. The lowest BCUT2D eigenvalue weighted by molar-refractivity contribution is -0.153. The Hall–Kier alpha value is -3.67. The van der Waals surface area contributed by atoms with Gasteiger partial charge in [-0.3, -0.25) is 4.79 Å². The molecule has 172 valence electrons. The van der Waals surface area contributed by atoms with Crippen LogP contribution in [0.25, 0.3) is 21.9 Å². The molecular weight excluding hydrogens is 418 g/mol. The van der Waals surface area contributed by atoms with E-state index < -0.39 is 18.0 Å². The van der Waals surface area contributed by atoms with Gasteiger partial charge < -0.3 is 15.1 Å². The molecule has 1 amide bonds. The number of benzene rings is 3. The van der Waals surface area contributed by atoms with Gasteiger partial charge in [-0.15, -0.1) is 0 Å². The number of aliphatic carboxylic acids is 1. The maximum absolute atomic E-state index is 12.8. The molecule has 1 unspecified atom stereocenters. The highest BCUT2D eigenvalue weighted by Crippen LogP contribution is 2.27. The van der Waals surface area contributed by atoms with E-state index in [-0.39, 0.29) is 23.9 Å². The molecule has 3 aromatic rings. The standard InChI is InChI=1S/C27H29NO5/c1-4-5-24(29)28(25(17(2)3)27(32)33)16-18-6-7-23-15-22(13-12-21(23)14-18)19-8-10-20(11-9-19)26(30)31/h6-15,17,25H,4-5,16H2,1-3H3,(H,30,31)(H,32,33). The summed E-state index contributed by atoms with van der Waals surface area (Å²) in [5.41, 5.74) is 3.01. The number of carbonyl (C=O) groups excluding carboxylic acids is 1. The van der Waals surface area contributed by atoms with Crippen LogP contribution in [-0.2, 0) is 16.1 Å². The van der Waals surface area contributed by atoms with Crippen molar-refractivity contribution in [2.24, 2.45) is 5.92 Å². The Labute approximate surface area is 193 Å². The van der Waals surface area contributed by atoms with Crippen LogP contribution in [0.15, 0.2) is 60.7 Å². The van der Waals surface area contributed by atoms with Crippen molar-refractivity contribution in [3.8, 4) is 11.1 Å². The number of aromatic carboxylic acids is 1. The van der Waals surface area contributed by atoms with Gasteiger partial charge in [-0.1, -0.05) is 57.2 Å². The molecule has 0 aromatic heterocycles. The summed E-state index contributed by atoms with van der Waals surface area (Å²) >= 11 is 0. The second kappa shape index (κ2) is 10.3. The number of hydrogen-bond acceptors (Lipinski definition) is 3. The maximum atomic E-state index is 12.8. The normalized spacial score (nSPS) is 12.0. The van der Waals surface area contributed by atoms with Gasteiger partial charge in [0.25, 0.3) is 0 Å². The number of fused-ring (bicyclic) bond motifs is 1. The third-order valence-corrected chi connectivity index (χ3v) is 5.73. The summed E-state index contributed by atoms with van der Waals surface area (Å²) in [6, 6.07) is 17.7. The van der Waals surface area contributed by atoms with Crippen molar-refractivity contribution >= 4 is 28.6 Å². The van der Waals surface area contributed by atoms with Crippen molar-refractivity contribution in [2.45, 2.75) is 46.2 Å². The first kappa shape index (κ1) is 24.0. The lowest BCUT2D eigenvalue weighted by atomic mass is 9.98. The maximum Gasteiger partial charge on any atom is 0.335 e. The molecule has 0 aliphatic heterocycles. The summed E-state index contributed by atoms with van der Waals surface area (Å²) in [6.07, 6.45) is 0.974. The second-order valence-electron chi connectivity index (χ2n) is 8.58. The van der Waals surface area contributed by atoms with Crippen LogP contribution < -0.4 is 0 Å². The van der Waals surface area contributed by atoms with Gasteiger partial charge >= 0.3 is 11.9 Å². The fourth-order valence-electron chi connectivity index (χ4n) is 4.05. The molecule has 3 aromatic carbocycles. The Morgan fingerprint density at radius 3 is 2.03 bits per heavy atom. The van der Waals surface area contributed by atoms with Gasteiger partial charge in [-0.2, -0.15) is 0 Å². The quantitative estimate of drug-likeness (QED) is 0.455.